The van der Waals surface area contributed by atoms with Gasteiger partial charge in [0.15, 0.2) is 0 Å². The van der Waals surface area contributed by atoms with E-state index >= 15 is 0 Å². The van der Waals surface area contributed by atoms with Crippen LogP contribution in [0.2, 0.25) is 0 Å². The third kappa shape index (κ3) is 4.40. The highest BCUT2D eigenvalue weighted by Gasteiger charge is 2.09. The third-order valence-corrected chi connectivity index (χ3v) is 4.46. The summed E-state index contributed by atoms with van der Waals surface area (Å²) in [6, 6.07) is 14.8. The molecule has 0 saturated carbocycles. The zero-order valence-electron chi connectivity index (χ0n) is 16.4. The summed E-state index contributed by atoms with van der Waals surface area (Å²) in [5, 5.41) is 6.07. The van der Waals surface area contributed by atoms with E-state index in [0.29, 0.717) is 22.9 Å². The van der Waals surface area contributed by atoms with Gasteiger partial charge in [-0.25, -0.2) is 4.98 Å². The van der Waals surface area contributed by atoms with Crippen LogP contribution < -0.4 is 20.1 Å². The van der Waals surface area contributed by atoms with Gasteiger partial charge in [-0.1, -0.05) is 6.07 Å². The lowest BCUT2D eigenvalue weighted by Gasteiger charge is -2.12. The van der Waals surface area contributed by atoms with E-state index in [9.17, 15) is 4.79 Å². The molecule has 6 heteroatoms. The highest BCUT2D eigenvalue weighted by atomic mass is 16.5. The summed E-state index contributed by atoms with van der Waals surface area (Å²) in [7, 11) is 3.19. The number of carbonyl (C=O) groups excluding carboxylic acids is 1. The highest BCUT2D eigenvalue weighted by molar-refractivity contribution is 6.04. The van der Waals surface area contributed by atoms with E-state index in [0.717, 1.165) is 16.9 Å². The summed E-state index contributed by atoms with van der Waals surface area (Å²) in [5.41, 5.74) is 4.31. The Kier molecular flexibility index (Phi) is 5.79. The number of benzene rings is 2. The lowest BCUT2D eigenvalue weighted by molar-refractivity contribution is 0.102. The van der Waals surface area contributed by atoms with E-state index in [4.69, 9.17) is 9.47 Å². The first kappa shape index (κ1) is 19.2. The molecule has 3 rings (SSSR count). The first-order valence-corrected chi connectivity index (χ1v) is 8.84. The number of nitrogens with one attached hydrogen (secondary N) is 2. The molecule has 1 aromatic heterocycles. The van der Waals surface area contributed by atoms with Crippen molar-refractivity contribution in [1.82, 2.24) is 4.98 Å². The van der Waals surface area contributed by atoms with Gasteiger partial charge in [-0.15, -0.1) is 0 Å². The quantitative estimate of drug-likeness (QED) is 0.651. The van der Waals surface area contributed by atoms with E-state index in [-0.39, 0.29) is 5.91 Å². The van der Waals surface area contributed by atoms with Crippen LogP contribution in [0, 0.1) is 13.8 Å². The van der Waals surface area contributed by atoms with Gasteiger partial charge in [0.2, 0.25) is 0 Å². The first-order chi connectivity index (χ1) is 13.5. The van der Waals surface area contributed by atoms with Crippen LogP contribution in [0.25, 0.3) is 0 Å². The summed E-state index contributed by atoms with van der Waals surface area (Å²) in [4.78, 5) is 16.8. The molecule has 0 aliphatic heterocycles. The zero-order valence-corrected chi connectivity index (χ0v) is 16.4. The van der Waals surface area contributed by atoms with Crippen LogP contribution in [-0.4, -0.2) is 25.1 Å². The van der Waals surface area contributed by atoms with E-state index in [1.165, 1.54) is 11.8 Å². The van der Waals surface area contributed by atoms with Crippen molar-refractivity contribution in [3.8, 4) is 11.5 Å². The lowest BCUT2D eigenvalue weighted by Crippen LogP contribution is -2.12. The van der Waals surface area contributed by atoms with Crippen LogP contribution in [0.1, 0.15) is 21.5 Å². The molecule has 28 heavy (non-hydrogen) atoms. The van der Waals surface area contributed by atoms with Gasteiger partial charge in [-0.05, 0) is 61.4 Å². The fourth-order valence-corrected chi connectivity index (χ4v) is 2.66. The molecule has 0 bridgehead atoms. The SMILES string of the molecule is COc1ccc(Nc2ccc(C(=O)Nc3ccc(C)c(C)c3)cn2)c(OC)c1. The van der Waals surface area contributed by atoms with Gasteiger partial charge in [-0.3, -0.25) is 4.79 Å². The molecule has 2 aromatic carbocycles. The molecule has 3 aromatic rings. The van der Waals surface area contributed by atoms with Crippen molar-refractivity contribution in [3.05, 3.63) is 71.4 Å². The van der Waals surface area contributed by atoms with Gasteiger partial charge in [0.1, 0.15) is 17.3 Å². The normalized spacial score (nSPS) is 10.3. The lowest BCUT2D eigenvalue weighted by atomic mass is 10.1. The number of aryl methyl sites for hydroxylation is 2. The van der Waals surface area contributed by atoms with Crippen molar-refractivity contribution < 1.29 is 14.3 Å². The number of ether oxygens (including phenoxy) is 2. The largest absolute Gasteiger partial charge is 0.497 e. The van der Waals surface area contributed by atoms with E-state index < -0.39 is 0 Å². The molecule has 1 heterocycles. The second-order valence-electron chi connectivity index (χ2n) is 6.38. The predicted octanol–water partition coefficient (Wildman–Crippen LogP) is 4.71. The van der Waals surface area contributed by atoms with Gasteiger partial charge in [0, 0.05) is 18.0 Å². The Bertz CT molecular complexity index is 985. The van der Waals surface area contributed by atoms with Crippen molar-refractivity contribution in [2.24, 2.45) is 0 Å². The summed E-state index contributed by atoms with van der Waals surface area (Å²) in [6.45, 7) is 4.05. The Balaban J connectivity index is 1.71. The standard InChI is InChI=1S/C22H23N3O3/c1-14-5-7-17(11-15(14)2)24-22(26)16-6-10-21(23-13-16)25-19-9-8-18(27-3)12-20(19)28-4/h5-13H,1-4H3,(H,23,25)(H,24,26). The highest BCUT2D eigenvalue weighted by Crippen LogP contribution is 2.31. The minimum absolute atomic E-state index is 0.204. The predicted molar refractivity (Wildman–Crippen MR) is 111 cm³/mol. The second kappa shape index (κ2) is 8.43. The molecule has 0 saturated heterocycles. The van der Waals surface area contributed by atoms with Crippen molar-refractivity contribution >= 4 is 23.1 Å². The monoisotopic (exact) mass is 377 g/mol. The summed E-state index contributed by atoms with van der Waals surface area (Å²) in [6.07, 6.45) is 1.54. The van der Waals surface area contributed by atoms with Gasteiger partial charge in [0.25, 0.3) is 5.91 Å². The number of aromatic nitrogens is 1. The van der Waals surface area contributed by atoms with Gasteiger partial charge in [0.05, 0.1) is 25.5 Å². The van der Waals surface area contributed by atoms with Crippen LogP contribution in [0.3, 0.4) is 0 Å². The Morgan fingerprint density at radius 3 is 2.39 bits per heavy atom. The topological polar surface area (TPSA) is 72.5 Å². The maximum Gasteiger partial charge on any atom is 0.257 e. The number of hydrogen-bond acceptors (Lipinski definition) is 5. The molecule has 144 valence electrons. The molecule has 0 fully saturated rings. The van der Waals surface area contributed by atoms with Gasteiger partial charge < -0.3 is 20.1 Å². The molecular formula is C22H23N3O3. The number of rotatable bonds is 6. The molecule has 0 unspecified atom stereocenters. The van der Waals surface area contributed by atoms with Crippen LogP contribution in [0.4, 0.5) is 17.2 Å². The van der Waals surface area contributed by atoms with Gasteiger partial charge >= 0.3 is 0 Å². The molecule has 6 nitrogen and oxygen atoms in total. The van der Waals surface area contributed by atoms with Crippen molar-refractivity contribution in [2.45, 2.75) is 13.8 Å². The summed E-state index contributed by atoms with van der Waals surface area (Å²) in [5.74, 6) is 1.74. The smallest absolute Gasteiger partial charge is 0.257 e. The van der Waals surface area contributed by atoms with E-state index in [2.05, 4.69) is 15.6 Å². The van der Waals surface area contributed by atoms with Crippen molar-refractivity contribution in [1.29, 1.82) is 0 Å². The summed E-state index contributed by atoms with van der Waals surface area (Å²) < 4.78 is 10.6. The Morgan fingerprint density at radius 2 is 1.75 bits per heavy atom. The number of nitrogens with zero attached hydrogens (tertiary/aromatic N) is 1. The molecule has 0 spiro atoms. The van der Waals surface area contributed by atoms with Crippen molar-refractivity contribution in [3.63, 3.8) is 0 Å². The summed E-state index contributed by atoms with van der Waals surface area (Å²) >= 11 is 0. The van der Waals surface area contributed by atoms with Crippen molar-refractivity contribution in [2.75, 3.05) is 24.9 Å². The fourth-order valence-electron chi connectivity index (χ4n) is 2.66. The molecule has 0 radical (unpaired) electrons. The van der Waals surface area contributed by atoms with E-state index in [1.54, 1.807) is 32.4 Å². The minimum Gasteiger partial charge on any atom is -0.497 e. The first-order valence-electron chi connectivity index (χ1n) is 8.84. The molecule has 2 N–H and O–H groups in total. The number of pyridine rings is 1. The molecule has 0 atom stereocenters. The molecule has 0 aliphatic carbocycles. The van der Waals surface area contributed by atoms with E-state index in [1.807, 2.05) is 44.2 Å². The van der Waals surface area contributed by atoms with Crippen LogP contribution >= 0.6 is 0 Å². The van der Waals surface area contributed by atoms with Crippen LogP contribution in [0.15, 0.2) is 54.7 Å². The number of hydrogen-bond donors (Lipinski definition) is 2. The molecular weight excluding hydrogens is 354 g/mol. The van der Waals surface area contributed by atoms with Crippen LogP contribution in [0.5, 0.6) is 11.5 Å². The Labute approximate surface area is 164 Å². The Morgan fingerprint density at radius 1 is 0.929 bits per heavy atom. The fraction of sp³-hybridized carbons (Fsp3) is 0.182. The maximum atomic E-state index is 12.4. The molecule has 0 aliphatic rings. The Hall–Kier alpha value is -3.54. The average Bonchev–Trinajstić information content (AvgIpc) is 2.71. The number of amides is 1. The zero-order chi connectivity index (χ0) is 20.1. The minimum atomic E-state index is -0.204. The number of anilines is 3. The molecule has 1 amide bonds. The third-order valence-electron chi connectivity index (χ3n) is 4.46. The number of carbonyl (C=O) groups is 1. The van der Waals surface area contributed by atoms with Gasteiger partial charge in [-0.2, -0.15) is 0 Å². The number of methoxy groups -OCH3 is 2. The second-order valence-corrected chi connectivity index (χ2v) is 6.38. The van der Waals surface area contributed by atoms with Crippen LogP contribution in [-0.2, 0) is 0 Å². The average molecular weight is 377 g/mol. The maximum absolute atomic E-state index is 12.4.